The summed E-state index contributed by atoms with van der Waals surface area (Å²) in [6.45, 7) is 7.83. The highest BCUT2D eigenvalue weighted by Gasteiger charge is 2.22. The van der Waals surface area contributed by atoms with Gasteiger partial charge in [0.15, 0.2) is 0 Å². The highest BCUT2D eigenvalue weighted by molar-refractivity contribution is 5.12. The van der Waals surface area contributed by atoms with Gasteiger partial charge in [0, 0.05) is 19.0 Å². The highest BCUT2D eigenvalue weighted by atomic mass is 15.1. The van der Waals surface area contributed by atoms with E-state index < -0.39 is 0 Å². The van der Waals surface area contributed by atoms with Crippen LogP contribution in [-0.2, 0) is 13.0 Å². The Morgan fingerprint density at radius 2 is 2.27 bits per heavy atom. The minimum absolute atomic E-state index is 0.194. The van der Waals surface area contributed by atoms with E-state index in [0.717, 1.165) is 19.4 Å². The van der Waals surface area contributed by atoms with Crippen LogP contribution in [0, 0.1) is 5.41 Å². The molecule has 84 valence electrons. The molecule has 2 heterocycles. The first-order valence-corrected chi connectivity index (χ1v) is 5.77. The number of hydrogen-bond donors (Lipinski definition) is 1. The van der Waals surface area contributed by atoms with E-state index in [1.165, 1.54) is 17.9 Å². The van der Waals surface area contributed by atoms with Gasteiger partial charge in [0.1, 0.15) is 5.82 Å². The summed E-state index contributed by atoms with van der Waals surface area (Å²) < 4.78 is 2.32. The first-order chi connectivity index (χ1) is 6.97. The van der Waals surface area contributed by atoms with Crippen LogP contribution in [0.5, 0.6) is 0 Å². The van der Waals surface area contributed by atoms with Gasteiger partial charge in [0.05, 0.1) is 11.9 Å². The SMILES string of the molecule is CC(C)(C)Cc1ncc2n1CCCC2N. The molecule has 1 aliphatic heterocycles. The fourth-order valence-electron chi connectivity index (χ4n) is 2.22. The Hall–Kier alpha value is -0.830. The number of fused-ring (bicyclic) bond motifs is 1. The lowest BCUT2D eigenvalue weighted by Crippen LogP contribution is -2.23. The normalized spacial score (nSPS) is 21.5. The topological polar surface area (TPSA) is 43.8 Å². The van der Waals surface area contributed by atoms with Gasteiger partial charge in [-0.15, -0.1) is 0 Å². The van der Waals surface area contributed by atoms with Crippen LogP contribution in [0.2, 0.25) is 0 Å². The predicted octanol–water partition coefficient (Wildman–Crippen LogP) is 2.27. The van der Waals surface area contributed by atoms with Crippen molar-refractivity contribution >= 4 is 0 Å². The lowest BCUT2D eigenvalue weighted by atomic mass is 9.92. The van der Waals surface area contributed by atoms with Crippen molar-refractivity contribution in [2.24, 2.45) is 11.1 Å². The summed E-state index contributed by atoms with van der Waals surface area (Å²) in [7, 11) is 0. The first kappa shape index (κ1) is 10.7. The average molecular weight is 207 g/mol. The van der Waals surface area contributed by atoms with E-state index >= 15 is 0 Å². The van der Waals surface area contributed by atoms with Crippen molar-refractivity contribution in [1.82, 2.24) is 9.55 Å². The summed E-state index contributed by atoms with van der Waals surface area (Å²) in [6.07, 6.45) is 5.27. The van der Waals surface area contributed by atoms with Gasteiger partial charge in [0.2, 0.25) is 0 Å². The smallest absolute Gasteiger partial charge is 0.109 e. The largest absolute Gasteiger partial charge is 0.331 e. The molecule has 1 aliphatic rings. The molecule has 0 aromatic carbocycles. The van der Waals surface area contributed by atoms with Crippen LogP contribution in [0.1, 0.15) is 51.2 Å². The highest BCUT2D eigenvalue weighted by Crippen LogP contribution is 2.27. The second-order valence-electron chi connectivity index (χ2n) is 5.74. The third kappa shape index (κ3) is 2.23. The molecule has 1 aromatic heterocycles. The summed E-state index contributed by atoms with van der Waals surface area (Å²) in [5.41, 5.74) is 7.58. The number of imidazole rings is 1. The van der Waals surface area contributed by atoms with Crippen molar-refractivity contribution in [3.8, 4) is 0 Å². The number of rotatable bonds is 1. The van der Waals surface area contributed by atoms with Crippen molar-refractivity contribution in [3.05, 3.63) is 17.7 Å². The maximum Gasteiger partial charge on any atom is 0.109 e. The Morgan fingerprint density at radius 3 is 2.93 bits per heavy atom. The second-order valence-corrected chi connectivity index (χ2v) is 5.74. The van der Waals surface area contributed by atoms with E-state index in [1.54, 1.807) is 0 Å². The average Bonchev–Trinajstić information content (AvgIpc) is 2.48. The molecule has 0 bridgehead atoms. The van der Waals surface area contributed by atoms with Crippen LogP contribution in [0.3, 0.4) is 0 Å². The van der Waals surface area contributed by atoms with Gasteiger partial charge in [-0.25, -0.2) is 4.98 Å². The molecule has 0 amide bonds. The molecule has 15 heavy (non-hydrogen) atoms. The Morgan fingerprint density at radius 1 is 1.53 bits per heavy atom. The fraction of sp³-hybridized carbons (Fsp3) is 0.750. The summed E-state index contributed by atoms with van der Waals surface area (Å²) in [6, 6.07) is 0.194. The first-order valence-electron chi connectivity index (χ1n) is 5.77. The number of nitrogens with zero attached hydrogens (tertiary/aromatic N) is 2. The van der Waals surface area contributed by atoms with Crippen LogP contribution in [0.15, 0.2) is 6.20 Å². The van der Waals surface area contributed by atoms with Crippen molar-refractivity contribution in [2.45, 2.75) is 52.6 Å². The molecule has 0 aliphatic carbocycles. The molecular weight excluding hydrogens is 186 g/mol. The molecule has 0 fully saturated rings. The van der Waals surface area contributed by atoms with E-state index in [9.17, 15) is 0 Å². The third-order valence-corrected chi connectivity index (χ3v) is 2.93. The molecule has 1 unspecified atom stereocenters. The zero-order chi connectivity index (χ0) is 11.1. The van der Waals surface area contributed by atoms with Crippen molar-refractivity contribution in [3.63, 3.8) is 0 Å². The van der Waals surface area contributed by atoms with E-state index in [4.69, 9.17) is 5.73 Å². The molecular formula is C12H21N3. The summed E-state index contributed by atoms with van der Waals surface area (Å²) in [5.74, 6) is 1.20. The second kappa shape index (κ2) is 3.63. The molecule has 1 aromatic rings. The Kier molecular flexibility index (Phi) is 2.59. The van der Waals surface area contributed by atoms with Crippen LogP contribution < -0.4 is 5.73 Å². The Bertz CT molecular complexity index is 346. The van der Waals surface area contributed by atoms with E-state index in [-0.39, 0.29) is 6.04 Å². The van der Waals surface area contributed by atoms with Gasteiger partial charge in [-0.3, -0.25) is 0 Å². The molecule has 0 spiro atoms. The minimum Gasteiger partial charge on any atom is -0.331 e. The van der Waals surface area contributed by atoms with Crippen molar-refractivity contribution in [2.75, 3.05) is 0 Å². The van der Waals surface area contributed by atoms with Gasteiger partial charge in [0.25, 0.3) is 0 Å². The van der Waals surface area contributed by atoms with Crippen LogP contribution in [0.25, 0.3) is 0 Å². The monoisotopic (exact) mass is 207 g/mol. The van der Waals surface area contributed by atoms with Gasteiger partial charge in [-0.2, -0.15) is 0 Å². The van der Waals surface area contributed by atoms with Gasteiger partial charge in [-0.05, 0) is 18.3 Å². The molecule has 0 saturated heterocycles. The van der Waals surface area contributed by atoms with Crippen LogP contribution in [0.4, 0.5) is 0 Å². The van der Waals surface area contributed by atoms with Gasteiger partial charge >= 0.3 is 0 Å². The summed E-state index contributed by atoms with van der Waals surface area (Å²) >= 11 is 0. The predicted molar refractivity (Wildman–Crippen MR) is 61.5 cm³/mol. The maximum absolute atomic E-state index is 6.06. The fourth-order valence-corrected chi connectivity index (χ4v) is 2.22. The lowest BCUT2D eigenvalue weighted by molar-refractivity contribution is 0.377. The third-order valence-electron chi connectivity index (χ3n) is 2.93. The van der Waals surface area contributed by atoms with Gasteiger partial charge in [-0.1, -0.05) is 20.8 Å². The molecule has 3 heteroatoms. The maximum atomic E-state index is 6.06. The van der Waals surface area contributed by atoms with E-state index in [2.05, 4.69) is 30.3 Å². The van der Waals surface area contributed by atoms with Crippen LogP contribution in [-0.4, -0.2) is 9.55 Å². The zero-order valence-corrected chi connectivity index (χ0v) is 9.95. The van der Waals surface area contributed by atoms with Crippen LogP contribution >= 0.6 is 0 Å². The standard InChI is InChI=1S/C12H21N3/c1-12(2,3)7-11-14-8-10-9(13)5-4-6-15(10)11/h8-9H,4-7,13H2,1-3H3. The number of hydrogen-bond acceptors (Lipinski definition) is 2. The van der Waals surface area contributed by atoms with Crippen molar-refractivity contribution in [1.29, 1.82) is 0 Å². The van der Waals surface area contributed by atoms with Gasteiger partial charge < -0.3 is 10.3 Å². The summed E-state index contributed by atoms with van der Waals surface area (Å²) in [5, 5.41) is 0. The van der Waals surface area contributed by atoms with E-state index in [1.807, 2.05) is 6.20 Å². The molecule has 1 atom stereocenters. The zero-order valence-electron chi connectivity index (χ0n) is 9.95. The number of nitrogens with two attached hydrogens (primary N) is 1. The summed E-state index contributed by atoms with van der Waals surface area (Å²) in [4.78, 5) is 4.52. The lowest BCUT2D eigenvalue weighted by Gasteiger charge is -2.24. The Labute approximate surface area is 91.7 Å². The molecule has 2 rings (SSSR count). The quantitative estimate of drug-likeness (QED) is 0.767. The van der Waals surface area contributed by atoms with Crippen molar-refractivity contribution < 1.29 is 0 Å². The molecule has 3 nitrogen and oxygen atoms in total. The molecule has 0 radical (unpaired) electrons. The molecule has 0 saturated carbocycles. The van der Waals surface area contributed by atoms with E-state index in [0.29, 0.717) is 5.41 Å². The minimum atomic E-state index is 0.194. The molecule has 2 N–H and O–H groups in total. The Balaban J connectivity index is 2.27. The number of aromatic nitrogens is 2.